The third-order valence-corrected chi connectivity index (χ3v) is 17.3. The molecule has 3 unspecified atom stereocenters. The van der Waals surface area contributed by atoms with Crippen LogP contribution in [0.2, 0.25) is 0 Å². The molecular weight excluding hydrogens is 633 g/mol. The molecule has 0 aromatic heterocycles. The van der Waals surface area contributed by atoms with Gasteiger partial charge in [-0.1, -0.05) is 6.92 Å². The van der Waals surface area contributed by atoms with Gasteiger partial charge in [0.2, 0.25) is 0 Å². The van der Waals surface area contributed by atoms with Gasteiger partial charge in [0.15, 0.2) is 0 Å². The zero-order chi connectivity index (χ0) is 30.0. The van der Waals surface area contributed by atoms with E-state index in [4.69, 9.17) is 14.5 Å². The van der Waals surface area contributed by atoms with E-state index in [1.807, 2.05) is 0 Å². The molecule has 0 saturated heterocycles. The molecule has 1 aliphatic heterocycles. The van der Waals surface area contributed by atoms with Gasteiger partial charge in [0.1, 0.15) is 0 Å². The average molecular weight is 698 g/mol. The predicted octanol–water partition coefficient (Wildman–Crippen LogP) is 10.9. The van der Waals surface area contributed by atoms with Gasteiger partial charge in [-0.25, -0.2) is 0 Å². The number of esters is 1. The normalized spacial score (nSPS) is 21.6. The van der Waals surface area contributed by atoms with Crippen LogP contribution in [0.25, 0.3) is 0 Å². The van der Waals surface area contributed by atoms with Gasteiger partial charge < -0.3 is 0 Å². The van der Waals surface area contributed by atoms with Gasteiger partial charge in [-0.15, -0.1) is 0 Å². The Kier molecular flexibility index (Phi) is 17.8. The van der Waals surface area contributed by atoms with Gasteiger partial charge >= 0.3 is 261 Å². The van der Waals surface area contributed by atoms with Gasteiger partial charge in [-0.05, 0) is 0 Å². The number of nitrogens with zero attached hydrogens (tertiary/aromatic N) is 1. The molecule has 242 valence electrons. The zero-order valence-electron chi connectivity index (χ0n) is 27.8. The molecule has 1 saturated carbocycles. The van der Waals surface area contributed by atoms with Crippen LogP contribution in [0.5, 0.6) is 0 Å². The fraction of sp³-hybridized carbons (Fsp3) is 0.838. The molecular formula is C37H64INO3. The maximum absolute atomic E-state index is 13.1. The molecule has 0 amide bonds. The van der Waals surface area contributed by atoms with Crippen molar-refractivity contribution < 1.29 is 14.3 Å². The Balaban J connectivity index is 1.56. The summed E-state index contributed by atoms with van der Waals surface area (Å²) in [5.41, 5.74) is 2.57. The number of ether oxygens (including phenoxy) is 2. The summed E-state index contributed by atoms with van der Waals surface area (Å²) in [6.07, 6.45) is 30.0. The van der Waals surface area contributed by atoms with Gasteiger partial charge in [0.25, 0.3) is 0 Å². The Labute approximate surface area is 266 Å². The SMILES string of the molecule is CCCCCCCCCC(=O)OC(C1CCCCC1)C(C)I(C)C1CCC=C(C2=NCCC=C2OCCCCCC)C1. The second-order valence-electron chi connectivity index (χ2n) is 13.1. The molecule has 3 atom stereocenters. The van der Waals surface area contributed by atoms with Gasteiger partial charge in [0.05, 0.1) is 0 Å². The van der Waals surface area contributed by atoms with Crippen molar-refractivity contribution in [2.24, 2.45) is 10.9 Å². The van der Waals surface area contributed by atoms with Crippen LogP contribution in [0.3, 0.4) is 0 Å². The molecule has 0 N–H and O–H groups in total. The van der Waals surface area contributed by atoms with Crippen LogP contribution in [0, 0.1) is 5.92 Å². The summed E-state index contributed by atoms with van der Waals surface area (Å²) in [5, 5.41) is 0. The van der Waals surface area contributed by atoms with Crippen molar-refractivity contribution in [2.75, 3.05) is 18.1 Å². The molecule has 4 nitrogen and oxygen atoms in total. The van der Waals surface area contributed by atoms with Crippen molar-refractivity contribution in [1.82, 2.24) is 0 Å². The Morgan fingerprint density at radius 3 is 2.33 bits per heavy atom. The van der Waals surface area contributed by atoms with Crippen LogP contribution < -0.4 is 0 Å². The molecule has 0 radical (unpaired) electrons. The molecule has 0 spiro atoms. The first kappa shape index (κ1) is 35.6. The van der Waals surface area contributed by atoms with Crippen LogP contribution in [0.1, 0.15) is 156 Å². The summed E-state index contributed by atoms with van der Waals surface area (Å²) in [6.45, 7) is 8.65. The van der Waals surface area contributed by atoms with E-state index in [1.54, 1.807) is 0 Å². The van der Waals surface area contributed by atoms with E-state index < -0.39 is 19.8 Å². The summed E-state index contributed by atoms with van der Waals surface area (Å²) >= 11 is -1.41. The van der Waals surface area contributed by atoms with Crippen LogP contribution >= 0.6 is 19.8 Å². The monoisotopic (exact) mass is 697 g/mol. The molecule has 3 rings (SSSR count). The van der Waals surface area contributed by atoms with Gasteiger partial charge in [-0.3, -0.25) is 0 Å². The van der Waals surface area contributed by atoms with E-state index in [-0.39, 0.29) is 12.1 Å². The summed E-state index contributed by atoms with van der Waals surface area (Å²) in [4.78, 5) is 20.7. The quantitative estimate of drug-likeness (QED) is 0.0551. The van der Waals surface area contributed by atoms with E-state index in [0.717, 1.165) is 67.1 Å². The molecule has 5 heteroatoms. The minimum absolute atomic E-state index is 0.0712. The minimum atomic E-state index is -1.41. The third kappa shape index (κ3) is 12.3. The van der Waals surface area contributed by atoms with E-state index in [2.05, 4.69) is 37.9 Å². The molecule has 0 bridgehead atoms. The fourth-order valence-corrected chi connectivity index (χ4v) is 12.9. The molecule has 42 heavy (non-hydrogen) atoms. The molecule has 3 aliphatic rings. The molecule has 0 aromatic carbocycles. The Morgan fingerprint density at radius 2 is 1.60 bits per heavy atom. The van der Waals surface area contributed by atoms with Gasteiger partial charge in [-0.2, -0.15) is 0 Å². The van der Waals surface area contributed by atoms with E-state index in [1.165, 1.54) is 95.5 Å². The number of allylic oxidation sites excluding steroid dienone is 2. The topological polar surface area (TPSA) is 47.9 Å². The number of alkyl halides is 3. The van der Waals surface area contributed by atoms with Crippen molar-refractivity contribution in [1.29, 1.82) is 0 Å². The number of hydrogen-bond acceptors (Lipinski definition) is 4. The Hall–Kier alpha value is -0.850. The molecule has 1 heterocycles. The fourth-order valence-electron chi connectivity index (χ4n) is 6.94. The molecule has 0 aromatic rings. The first-order valence-electron chi connectivity index (χ1n) is 17.9. The van der Waals surface area contributed by atoms with Gasteiger partial charge in [0, 0.05) is 0 Å². The number of carbonyl (C=O) groups is 1. The second-order valence-corrected chi connectivity index (χ2v) is 20.0. The average Bonchev–Trinajstić information content (AvgIpc) is 3.03. The van der Waals surface area contributed by atoms with Crippen molar-refractivity contribution in [3.8, 4) is 0 Å². The Morgan fingerprint density at radius 1 is 0.905 bits per heavy atom. The summed E-state index contributed by atoms with van der Waals surface area (Å²) in [6, 6.07) is 0. The van der Waals surface area contributed by atoms with Crippen molar-refractivity contribution >= 4 is 31.5 Å². The summed E-state index contributed by atoms with van der Waals surface area (Å²) in [5.74, 6) is 1.67. The zero-order valence-corrected chi connectivity index (χ0v) is 29.9. The third-order valence-electron chi connectivity index (χ3n) is 9.68. The first-order chi connectivity index (χ1) is 20.5. The maximum atomic E-state index is 13.1. The van der Waals surface area contributed by atoms with E-state index in [0.29, 0.717) is 16.3 Å². The summed E-state index contributed by atoms with van der Waals surface area (Å²) < 4.78 is 14.1. The van der Waals surface area contributed by atoms with Crippen molar-refractivity contribution in [3.63, 3.8) is 0 Å². The summed E-state index contributed by atoms with van der Waals surface area (Å²) in [7, 11) is 0. The first-order valence-corrected chi connectivity index (χ1v) is 22.5. The van der Waals surface area contributed by atoms with Crippen molar-refractivity contribution in [3.05, 3.63) is 23.5 Å². The van der Waals surface area contributed by atoms with Crippen LogP contribution in [-0.4, -0.2) is 43.7 Å². The number of aliphatic imine (C=N–C) groups is 1. The number of halogens is 1. The predicted molar refractivity (Wildman–Crippen MR) is 189 cm³/mol. The number of rotatable bonds is 20. The number of carbonyl (C=O) groups excluding carboxylic acids is 1. The standard InChI is InChI=1S/C37H64INO3/c1-5-7-9-11-12-13-17-26-35(40)42-37(31-21-15-14-16-22-31)30(3)38(4)33-24-19-23-32(29-33)36-34(25-20-27-39-36)41-28-18-10-8-6-2/h23,25,30-31,33,37H,5-22,24,26-29H2,1-4H3. The van der Waals surface area contributed by atoms with Crippen molar-refractivity contribution in [2.45, 2.75) is 170 Å². The van der Waals surface area contributed by atoms with E-state index >= 15 is 0 Å². The number of unbranched alkanes of at least 4 members (excludes halogenated alkanes) is 9. The van der Waals surface area contributed by atoms with E-state index in [9.17, 15) is 4.79 Å². The molecule has 1 fully saturated rings. The second kappa shape index (κ2) is 21.0. The number of hydrogen-bond donors (Lipinski definition) is 0. The van der Waals surface area contributed by atoms with Crippen LogP contribution in [-0.2, 0) is 14.3 Å². The van der Waals surface area contributed by atoms with Crippen LogP contribution in [0.15, 0.2) is 28.5 Å². The van der Waals surface area contributed by atoms with Crippen LogP contribution in [0.4, 0.5) is 0 Å². The molecule has 2 aliphatic carbocycles. The number of dihydropyridines is 1. The Bertz CT molecular complexity index is 859.